The van der Waals surface area contributed by atoms with Crippen molar-refractivity contribution in [2.24, 2.45) is 14.1 Å². The maximum absolute atomic E-state index is 12.6. The number of H-pyrrole nitrogens is 2. The molecule has 4 N–H and O–H groups in total. The fraction of sp³-hybridized carbons (Fsp3) is 0.188. The Morgan fingerprint density at radius 2 is 1.33 bits per heavy atom. The van der Waals surface area contributed by atoms with Crippen LogP contribution in [0.1, 0.15) is 22.6 Å². The average Bonchev–Trinajstić information content (AvgIpc) is 2.64. The second-order valence-corrected chi connectivity index (χ2v) is 6.60. The summed E-state index contributed by atoms with van der Waals surface area (Å²) in [6, 6.07) is 3.15. The van der Waals surface area contributed by atoms with Gasteiger partial charge in [-0.3, -0.25) is 33.7 Å². The van der Waals surface area contributed by atoms with Gasteiger partial charge in [-0.05, 0) is 42.1 Å². The summed E-state index contributed by atoms with van der Waals surface area (Å²) in [5.74, 6) is -1.94. The predicted octanol–water partition coefficient (Wildman–Crippen LogP) is 1.19. The molecule has 0 amide bonds. The minimum Gasteiger partial charge on any atom is -0.494 e. The zero-order valence-corrected chi connectivity index (χ0v) is 15.9. The van der Waals surface area contributed by atoms with Gasteiger partial charge in [-0.15, -0.1) is 0 Å². The topological polar surface area (TPSA) is 129 Å². The monoisotopic (exact) mass is 405 g/mol. The largest absolute Gasteiger partial charge is 0.494 e. The first-order chi connectivity index (χ1) is 12.7. The van der Waals surface area contributed by atoms with Crippen LogP contribution in [0.25, 0.3) is 0 Å². The zero-order valence-electron chi connectivity index (χ0n) is 14.3. The molecule has 27 heavy (non-hydrogen) atoms. The van der Waals surface area contributed by atoms with Crippen molar-refractivity contribution >= 4 is 24.4 Å². The van der Waals surface area contributed by atoms with E-state index < -0.39 is 28.8 Å². The van der Waals surface area contributed by atoms with Crippen molar-refractivity contribution in [1.82, 2.24) is 24.1 Å². The smallest absolute Gasteiger partial charge is 0.259 e. The first-order valence-corrected chi connectivity index (χ1v) is 8.50. The number of nitrogens with zero attached hydrogens (tertiary/aromatic N) is 3. The van der Waals surface area contributed by atoms with Crippen LogP contribution < -0.4 is 11.1 Å². The molecular formula is C16H15N5O4S2. The summed E-state index contributed by atoms with van der Waals surface area (Å²) < 4.78 is 2.43. The van der Waals surface area contributed by atoms with Crippen LogP contribution in [0.2, 0.25) is 0 Å². The molecule has 3 aromatic heterocycles. The van der Waals surface area contributed by atoms with Crippen molar-refractivity contribution < 1.29 is 10.2 Å². The number of hydrogen-bond acceptors (Lipinski definition) is 7. The molecule has 11 heteroatoms. The standard InChI is InChI=1S/C16H15N5O4S2/c1-20-13(24)9(11(22)18-15(20)26)8(7-3-5-17-6-4-7)10-12(23)19-16(27)21(2)14(10)25/h3-6,8,24-25H,1-2H3,(H,18,22,26)(H,19,23,27). The third-order valence-corrected chi connectivity index (χ3v) is 5.03. The number of nitrogens with one attached hydrogen (secondary N) is 2. The van der Waals surface area contributed by atoms with Gasteiger partial charge in [0.2, 0.25) is 11.8 Å². The van der Waals surface area contributed by atoms with E-state index in [2.05, 4.69) is 15.0 Å². The maximum atomic E-state index is 12.6. The lowest BCUT2D eigenvalue weighted by Gasteiger charge is -2.20. The minimum atomic E-state index is -1.09. The van der Waals surface area contributed by atoms with Gasteiger partial charge in [0.15, 0.2) is 9.54 Å². The normalized spacial score (nSPS) is 11.1. The van der Waals surface area contributed by atoms with Crippen LogP contribution >= 0.6 is 24.4 Å². The van der Waals surface area contributed by atoms with Crippen LogP contribution in [0, 0.1) is 9.54 Å². The first kappa shape index (κ1) is 18.7. The van der Waals surface area contributed by atoms with Crippen LogP contribution in [0.5, 0.6) is 11.8 Å². The molecule has 0 radical (unpaired) electrons. The lowest BCUT2D eigenvalue weighted by Crippen LogP contribution is -2.27. The van der Waals surface area contributed by atoms with E-state index in [1.54, 1.807) is 12.1 Å². The third-order valence-electron chi connectivity index (χ3n) is 4.27. The molecule has 0 aliphatic heterocycles. The molecule has 3 aromatic rings. The molecule has 0 aromatic carbocycles. The van der Waals surface area contributed by atoms with Crippen molar-refractivity contribution in [3.8, 4) is 11.8 Å². The van der Waals surface area contributed by atoms with Crippen LogP contribution in [-0.2, 0) is 14.1 Å². The minimum absolute atomic E-state index is 0.0133. The van der Waals surface area contributed by atoms with Crippen molar-refractivity contribution in [3.63, 3.8) is 0 Å². The van der Waals surface area contributed by atoms with Gasteiger partial charge in [-0.1, -0.05) is 0 Å². The average molecular weight is 405 g/mol. The molecule has 0 unspecified atom stereocenters. The number of aromatic nitrogens is 5. The van der Waals surface area contributed by atoms with Gasteiger partial charge in [0, 0.05) is 26.5 Å². The molecule has 0 spiro atoms. The quantitative estimate of drug-likeness (QED) is 0.482. The molecule has 9 nitrogen and oxygen atoms in total. The summed E-state index contributed by atoms with van der Waals surface area (Å²) in [5.41, 5.74) is -1.19. The van der Waals surface area contributed by atoms with Crippen LogP contribution in [-0.4, -0.2) is 34.3 Å². The van der Waals surface area contributed by atoms with Gasteiger partial charge >= 0.3 is 0 Å². The fourth-order valence-electron chi connectivity index (χ4n) is 2.81. The van der Waals surface area contributed by atoms with E-state index in [1.165, 1.54) is 35.6 Å². The number of aromatic amines is 2. The number of pyridine rings is 1. The Hall–Kier alpha value is -3.05. The Balaban J connectivity index is 2.49. The van der Waals surface area contributed by atoms with Crippen molar-refractivity contribution in [2.75, 3.05) is 0 Å². The van der Waals surface area contributed by atoms with E-state index in [1.807, 2.05) is 0 Å². The Morgan fingerprint density at radius 3 is 1.74 bits per heavy atom. The van der Waals surface area contributed by atoms with E-state index in [0.29, 0.717) is 5.56 Å². The summed E-state index contributed by atoms with van der Waals surface area (Å²) in [5, 5.41) is 21.2. The maximum Gasteiger partial charge on any atom is 0.259 e. The number of rotatable bonds is 3. The highest BCUT2D eigenvalue weighted by atomic mass is 32.1. The molecule has 0 bridgehead atoms. The summed E-state index contributed by atoms with van der Waals surface area (Å²) >= 11 is 10.00. The Morgan fingerprint density at radius 1 is 0.926 bits per heavy atom. The highest BCUT2D eigenvalue weighted by Crippen LogP contribution is 2.35. The summed E-state index contributed by atoms with van der Waals surface area (Å²) in [7, 11) is 2.94. The van der Waals surface area contributed by atoms with Gasteiger partial charge in [0.05, 0.1) is 17.0 Å². The van der Waals surface area contributed by atoms with Gasteiger partial charge < -0.3 is 10.2 Å². The molecule has 0 fully saturated rings. The van der Waals surface area contributed by atoms with Crippen molar-refractivity contribution in [3.05, 3.63) is 71.5 Å². The van der Waals surface area contributed by atoms with Gasteiger partial charge in [0.25, 0.3) is 11.1 Å². The fourth-order valence-corrected chi connectivity index (χ4v) is 3.17. The SMILES string of the molecule is Cn1c(O)c(C(c2ccncc2)c2c(O)n(C)c(=S)[nH]c2=O)c(=O)[nH]c1=S. The molecule has 0 saturated carbocycles. The van der Waals surface area contributed by atoms with E-state index >= 15 is 0 Å². The molecule has 3 rings (SSSR count). The van der Waals surface area contributed by atoms with E-state index in [0.717, 1.165) is 0 Å². The summed E-state index contributed by atoms with van der Waals surface area (Å²) in [4.78, 5) is 34.1. The van der Waals surface area contributed by atoms with E-state index in [4.69, 9.17) is 24.4 Å². The zero-order chi connectivity index (χ0) is 19.9. The Bertz CT molecular complexity index is 1180. The van der Waals surface area contributed by atoms with Crippen molar-refractivity contribution in [2.45, 2.75) is 5.92 Å². The molecule has 0 aliphatic rings. The molecule has 0 saturated heterocycles. The van der Waals surface area contributed by atoms with E-state index in [-0.39, 0.29) is 20.7 Å². The number of aromatic hydroxyl groups is 2. The molecule has 0 aliphatic carbocycles. The Kier molecular flexibility index (Phi) is 4.81. The molecule has 0 atom stereocenters. The Labute approximate surface area is 162 Å². The third kappa shape index (κ3) is 3.11. The molecular weight excluding hydrogens is 390 g/mol. The second kappa shape index (κ2) is 6.93. The van der Waals surface area contributed by atoms with Crippen molar-refractivity contribution in [1.29, 1.82) is 0 Å². The lowest BCUT2D eigenvalue weighted by atomic mass is 9.87. The van der Waals surface area contributed by atoms with Gasteiger partial charge in [0.1, 0.15) is 0 Å². The summed E-state index contributed by atoms with van der Waals surface area (Å²) in [6.07, 6.45) is 2.95. The van der Waals surface area contributed by atoms with E-state index in [9.17, 15) is 19.8 Å². The van der Waals surface area contributed by atoms with Crippen LogP contribution in [0.4, 0.5) is 0 Å². The lowest BCUT2D eigenvalue weighted by molar-refractivity contribution is 0.402. The molecule has 140 valence electrons. The summed E-state index contributed by atoms with van der Waals surface area (Å²) in [6.45, 7) is 0. The number of hydrogen-bond donors (Lipinski definition) is 4. The first-order valence-electron chi connectivity index (χ1n) is 7.68. The van der Waals surface area contributed by atoms with Crippen LogP contribution in [0.15, 0.2) is 34.1 Å². The predicted molar refractivity (Wildman–Crippen MR) is 102 cm³/mol. The van der Waals surface area contributed by atoms with Gasteiger partial charge in [-0.2, -0.15) is 0 Å². The highest BCUT2D eigenvalue weighted by Gasteiger charge is 2.30. The highest BCUT2D eigenvalue weighted by molar-refractivity contribution is 7.71. The molecule has 3 heterocycles. The second-order valence-electron chi connectivity index (χ2n) is 5.82. The van der Waals surface area contributed by atoms with Gasteiger partial charge in [-0.25, -0.2) is 0 Å². The van der Waals surface area contributed by atoms with Crippen LogP contribution in [0.3, 0.4) is 0 Å².